The van der Waals surface area contributed by atoms with Crippen molar-refractivity contribution < 1.29 is 27.1 Å². The highest BCUT2D eigenvalue weighted by atomic mass is 19.4. The molecule has 0 N–H and O–H groups in total. The van der Waals surface area contributed by atoms with Crippen molar-refractivity contribution in [2.75, 3.05) is 0 Å². The van der Waals surface area contributed by atoms with Crippen LogP contribution in [0.1, 0.15) is 27.6 Å². The number of hydrogen-bond donors (Lipinski definition) is 0. The molecule has 0 unspecified atom stereocenters. The lowest BCUT2D eigenvalue weighted by molar-refractivity contribution is -0.141. The Balaban J connectivity index is 1.77. The van der Waals surface area contributed by atoms with Crippen LogP contribution >= 0.6 is 0 Å². The van der Waals surface area contributed by atoms with Gasteiger partial charge in [-0.1, -0.05) is 0 Å². The number of carbonyl (C=O) groups is 1. The first kappa shape index (κ1) is 19.4. The summed E-state index contributed by atoms with van der Waals surface area (Å²) in [6.07, 6.45) is -2.67. The number of pyridine rings is 3. The molecular formula is C19H13F4N3O2. The number of aromatic nitrogens is 3. The minimum absolute atomic E-state index is 0.0807. The molecule has 0 bridgehead atoms. The fraction of sp³-hybridized carbons (Fsp3) is 0.158. The largest absolute Gasteiger partial charge is 0.456 e. The number of ketones is 1. The van der Waals surface area contributed by atoms with Crippen molar-refractivity contribution >= 4 is 5.78 Å². The van der Waals surface area contributed by atoms with Gasteiger partial charge in [-0.25, -0.2) is 14.4 Å². The van der Waals surface area contributed by atoms with Crippen LogP contribution < -0.4 is 4.74 Å². The number of alkyl halides is 3. The van der Waals surface area contributed by atoms with Crippen molar-refractivity contribution in [1.29, 1.82) is 0 Å². The van der Waals surface area contributed by atoms with E-state index in [0.29, 0.717) is 11.4 Å². The minimum Gasteiger partial charge on any atom is -0.456 e. The summed E-state index contributed by atoms with van der Waals surface area (Å²) in [5.74, 6) is -0.564. The number of aryl methyl sites for hydroxylation is 1. The maximum absolute atomic E-state index is 12.9. The third kappa shape index (κ3) is 4.87. The van der Waals surface area contributed by atoms with Gasteiger partial charge < -0.3 is 4.74 Å². The summed E-state index contributed by atoms with van der Waals surface area (Å²) in [5.41, 5.74) is -0.0775. The zero-order chi connectivity index (χ0) is 20.3. The first-order valence-corrected chi connectivity index (χ1v) is 8.04. The average Bonchev–Trinajstić information content (AvgIpc) is 2.63. The normalized spacial score (nSPS) is 11.3. The van der Waals surface area contributed by atoms with E-state index in [9.17, 15) is 22.4 Å². The van der Waals surface area contributed by atoms with Crippen LogP contribution in [0.3, 0.4) is 0 Å². The molecule has 0 saturated heterocycles. The Hall–Kier alpha value is -3.36. The van der Waals surface area contributed by atoms with E-state index in [1.807, 2.05) is 0 Å². The molecule has 3 rings (SSSR count). The summed E-state index contributed by atoms with van der Waals surface area (Å²) in [4.78, 5) is 23.7. The van der Waals surface area contributed by atoms with Gasteiger partial charge >= 0.3 is 6.18 Å². The fourth-order valence-corrected chi connectivity index (χ4v) is 2.35. The standard InChI is InChI=1S/C19H13F4N3O2/c1-11-6-15(28-14-4-5-18(25-10-14)19(21,22)23)8-16(26-11)17(27)7-13-3-2-12(20)9-24-13/h2-6,8-10H,7H2,1H3. The zero-order valence-corrected chi connectivity index (χ0v) is 14.5. The second-order valence-corrected chi connectivity index (χ2v) is 5.88. The number of hydrogen-bond acceptors (Lipinski definition) is 5. The molecule has 0 aliphatic heterocycles. The van der Waals surface area contributed by atoms with E-state index in [-0.39, 0.29) is 29.4 Å². The highest BCUT2D eigenvalue weighted by Crippen LogP contribution is 2.29. The van der Waals surface area contributed by atoms with E-state index in [0.717, 1.165) is 24.5 Å². The van der Waals surface area contributed by atoms with Crippen LogP contribution in [0.5, 0.6) is 11.5 Å². The van der Waals surface area contributed by atoms with Gasteiger partial charge in [0, 0.05) is 23.5 Å². The van der Waals surface area contributed by atoms with Crippen molar-refractivity contribution in [2.45, 2.75) is 19.5 Å². The molecule has 3 aromatic rings. The Labute approximate surface area is 157 Å². The van der Waals surface area contributed by atoms with Crippen LogP contribution in [0.2, 0.25) is 0 Å². The molecule has 9 heteroatoms. The van der Waals surface area contributed by atoms with Crippen molar-refractivity contribution in [1.82, 2.24) is 15.0 Å². The molecule has 0 aliphatic rings. The lowest BCUT2D eigenvalue weighted by Crippen LogP contribution is -2.09. The minimum atomic E-state index is -4.54. The van der Waals surface area contributed by atoms with Gasteiger partial charge in [-0.3, -0.25) is 9.78 Å². The van der Waals surface area contributed by atoms with Crippen molar-refractivity contribution in [2.24, 2.45) is 0 Å². The molecule has 5 nitrogen and oxygen atoms in total. The topological polar surface area (TPSA) is 65.0 Å². The van der Waals surface area contributed by atoms with Crippen LogP contribution in [-0.4, -0.2) is 20.7 Å². The van der Waals surface area contributed by atoms with Gasteiger partial charge in [-0.15, -0.1) is 0 Å². The lowest BCUT2D eigenvalue weighted by Gasteiger charge is -2.10. The van der Waals surface area contributed by atoms with Crippen molar-refractivity contribution in [3.8, 4) is 11.5 Å². The SMILES string of the molecule is Cc1cc(Oc2ccc(C(F)(F)F)nc2)cc(C(=O)Cc2ccc(F)cn2)n1. The Morgan fingerprint density at radius 1 is 1.04 bits per heavy atom. The van der Waals surface area contributed by atoms with Gasteiger partial charge in [-0.2, -0.15) is 13.2 Å². The molecule has 0 atom stereocenters. The van der Waals surface area contributed by atoms with Gasteiger partial charge in [0.05, 0.1) is 18.8 Å². The van der Waals surface area contributed by atoms with Gasteiger partial charge in [-0.05, 0) is 31.2 Å². The smallest absolute Gasteiger partial charge is 0.433 e. The number of nitrogens with zero attached hydrogens (tertiary/aromatic N) is 3. The van der Waals surface area contributed by atoms with Crippen LogP contribution in [0.25, 0.3) is 0 Å². The number of ether oxygens (including phenoxy) is 1. The predicted molar refractivity (Wildman–Crippen MR) is 90.5 cm³/mol. The highest BCUT2D eigenvalue weighted by Gasteiger charge is 2.32. The van der Waals surface area contributed by atoms with E-state index in [4.69, 9.17) is 4.74 Å². The van der Waals surface area contributed by atoms with E-state index in [1.165, 1.54) is 24.3 Å². The molecule has 3 aromatic heterocycles. The summed E-state index contributed by atoms with van der Waals surface area (Å²) < 4.78 is 56.1. The average molecular weight is 391 g/mol. The van der Waals surface area contributed by atoms with Gasteiger partial charge in [0.15, 0.2) is 5.78 Å². The number of Topliss-reactive ketones (excluding diaryl/α,β-unsaturated/α-hetero) is 1. The molecule has 28 heavy (non-hydrogen) atoms. The molecule has 0 aromatic carbocycles. The van der Waals surface area contributed by atoms with Crippen molar-refractivity contribution in [3.63, 3.8) is 0 Å². The van der Waals surface area contributed by atoms with E-state index in [2.05, 4.69) is 15.0 Å². The molecule has 0 amide bonds. The quantitative estimate of drug-likeness (QED) is 0.471. The monoisotopic (exact) mass is 391 g/mol. The number of carbonyl (C=O) groups excluding carboxylic acids is 1. The first-order chi connectivity index (χ1) is 13.2. The molecular weight excluding hydrogens is 378 g/mol. The van der Waals surface area contributed by atoms with Crippen molar-refractivity contribution in [3.05, 3.63) is 77.4 Å². The third-order valence-electron chi connectivity index (χ3n) is 3.61. The third-order valence-corrected chi connectivity index (χ3v) is 3.61. The van der Waals surface area contributed by atoms with E-state index in [1.54, 1.807) is 6.92 Å². The Bertz CT molecular complexity index is 988. The first-order valence-electron chi connectivity index (χ1n) is 8.04. The summed E-state index contributed by atoms with van der Waals surface area (Å²) in [7, 11) is 0. The van der Waals surface area contributed by atoms with E-state index < -0.39 is 17.7 Å². The predicted octanol–water partition coefficient (Wildman–Crippen LogP) is 4.56. The van der Waals surface area contributed by atoms with Gasteiger partial charge in [0.2, 0.25) is 0 Å². The molecule has 144 valence electrons. The summed E-state index contributed by atoms with van der Waals surface area (Å²) in [6.45, 7) is 1.64. The van der Waals surface area contributed by atoms with Crippen LogP contribution in [0.15, 0.2) is 48.8 Å². The number of rotatable bonds is 5. The summed E-state index contributed by atoms with van der Waals surface area (Å²) in [6, 6.07) is 7.44. The second-order valence-electron chi connectivity index (χ2n) is 5.88. The second kappa shape index (κ2) is 7.71. The molecule has 3 heterocycles. The molecule has 0 aliphatic carbocycles. The van der Waals surface area contributed by atoms with Crippen LogP contribution in [-0.2, 0) is 12.6 Å². The number of halogens is 4. The zero-order valence-electron chi connectivity index (χ0n) is 14.5. The maximum Gasteiger partial charge on any atom is 0.433 e. The fourth-order valence-electron chi connectivity index (χ4n) is 2.35. The Morgan fingerprint density at radius 3 is 2.43 bits per heavy atom. The van der Waals surface area contributed by atoms with Gasteiger partial charge in [0.1, 0.15) is 28.7 Å². The Kier molecular flexibility index (Phi) is 5.34. The highest BCUT2D eigenvalue weighted by molar-refractivity contribution is 5.95. The van der Waals surface area contributed by atoms with Crippen LogP contribution in [0.4, 0.5) is 17.6 Å². The van der Waals surface area contributed by atoms with E-state index >= 15 is 0 Å². The molecule has 0 fully saturated rings. The molecule has 0 radical (unpaired) electrons. The Morgan fingerprint density at radius 2 is 1.82 bits per heavy atom. The summed E-state index contributed by atoms with van der Waals surface area (Å²) in [5, 5.41) is 0. The summed E-state index contributed by atoms with van der Waals surface area (Å²) >= 11 is 0. The van der Waals surface area contributed by atoms with Gasteiger partial charge in [0.25, 0.3) is 0 Å². The molecule has 0 spiro atoms. The maximum atomic E-state index is 12.9. The lowest BCUT2D eigenvalue weighted by atomic mass is 10.1. The van der Waals surface area contributed by atoms with Crippen LogP contribution in [0, 0.1) is 12.7 Å². The molecule has 0 saturated carbocycles.